The first kappa shape index (κ1) is 18.2. The average molecular weight is 346 g/mol. The minimum atomic E-state index is -0.753. The van der Waals surface area contributed by atoms with E-state index in [1.54, 1.807) is 7.11 Å². The fraction of sp³-hybridized carbons (Fsp3) is 0.650. The molecule has 1 aromatic carbocycles. The van der Waals surface area contributed by atoms with Gasteiger partial charge < -0.3 is 19.3 Å². The molecule has 5 heteroatoms. The number of piperidine rings is 1. The third-order valence-electron chi connectivity index (χ3n) is 5.89. The molecule has 1 aromatic rings. The number of carbonyl (C=O) groups excluding carboxylic acids is 1. The van der Waals surface area contributed by atoms with E-state index in [1.165, 1.54) is 5.69 Å². The van der Waals surface area contributed by atoms with E-state index < -0.39 is 5.60 Å². The predicted molar refractivity (Wildman–Crippen MR) is 98.8 cm³/mol. The summed E-state index contributed by atoms with van der Waals surface area (Å²) in [6, 6.07) is 10.8. The number of hydrogen-bond donors (Lipinski definition) is 0. The normalized spacial score (nSPS) is 23.0. The lowest BCUT2D eigenvalue weighted by Crippen LogP contribution is -2.53. The molecule has 5 nitrogen and oxygen atoms in total. The molecule has 0 saturated carbocycles. The molecule has 0 aliphatic carbocycles. The van der Waals surface area contributed by atoms with Crippen molar-refractivity contribution in [2.45, 2.75) is 50.4 Å². The van der Waals surface area contributed by atoms with Gasteiger partial charge in [-0.2, -0.15) is 0 Å². The van der Waals surface area contributed by atoms with E-state index in [0.29, 0.717) is 6.04 Å². The van der Waals surface area contributed by atoms with Crippen molar-refractivity contribution in [1.82, 2.24) is 4.90 Å². The summed E-state index contributed by atoms with van der Waals surface area (Å²) in [6.07, 6.45) is 2.82. The van der Waals surface area contributed by atoms with E-state index in [-0.39, 0.29) is 11.5 Å². The smallest absolute Gasteiger partial charge is 0.254 e. The Morgan fingerprint density at radius 3 is 2.52 bits per heavy atom. The maximum atomic E-state index is 12.6. The van der Waals surface area contributed by atoms with Crippen LogP contribution in [0.5, 0.6) is 0 Å². The molecule has 1 amide bonds. The maximum Gasteiger partial charge on any atom is 0.254 e. The number of benzene rings is 1. The fourth-order valence-corrected chi connectivity index (χ4v) is 3.88. The summed E-state index contributed by atoms with van der Waals surface area (Å²) in [4.78, 5) is 16.8. The number of anilines is 1. The zero-order valence-electron chi connectivity index (χ0n) is 15.8. The SMILES string of the molecule is COC(C)(C)C(=O)N1CCC2(CC1)CC(N(C)c1ccccc1)CO2. The highest BCUT2D eigenvalue weighted by atomic mass is 16.5. The van der Waals surface area contributed by atoms with Gasteiger partial charge in [-0.1, -0.05) is 18.2 Å². The monoisotopic (exact) mass is 346 g/mol. The van der Waals surface area contributed by atoms with Crippen LogP contribution in [0.25, 0.3) is 0 Å². The number of rotatable bonds is 4. The Bertz CT molecular complexity index is 594. The van der Waals surface area contributed by atoms with Crippen LogP contribution in [0, 0.1) is 0 Å². The molecule has 2 saturated heterocycles. The van der Waals surface area contributed by atoms with Gasteiger partial charge in [0.25, 0.3) is 5.91 Å². The Morgan fingerprint density at radius 1 is 1.28 bits per heavy atom. The summed E-state index contributed by atoms with van der Waals surface area (Å²) >= 11 is 0. The Morgan fingerprint density at radius 2 is 1.92 bits per heavy atom. The van der Waals surface area contributed by atoms with Gasteiger partial charge in [0.15, 0.2) is 0 Å². The molecule has 3 rings (SSSR count). The number of nitrogens with zero attached hydrogens (tertiary/aromatic N) is 2. The second kappa shape index (κ2) is 6.96. The number of likely N-dealkylation sites (N-methyl/N-ethyl adjacent to an activating group) is 1. The molecule has 0 bridgehead atoms. The molecule has 1 unspecified atom stereocenters. The fourth-order valence-electron chi connectivity index (χ4n) is 3.88. The summed E-state index contributed by atoms with van der Waals surface area (Å²) in [5.41, 5.74) is 0.390. The molecule has 25 heavy (non-hydrogen) atoms. The lowest BCUT2D eigenvalue weighted by atomic mass is 9.86. The van der Waals surface area contributed by atoms with Crippen LogP contribution >= 0.6 is 0 Å². The second-order valence-electron chi connectivity index (χ2n) is 7.81. The van der Waals surface area contributed by atoms with Crippen molar-refractivity contribution in [1.29, 1.82) is 0 Å². The van der Waals surface area contributed by atoms with E-state index >= 15 is 0 Å². The lowest BCUT2D eigenvalue weighted by molar-refractivity contribution is -0.155. The van der Waals surface area contributed by atoms with Gasteiger partial charge in [-0.25, -0.2) is 0 Å². The topological polar surface area (TPSA) is 42.0 Å². The molecule has 2 aliphatic heterocycles. The van der Waals surface area contributed by atoms with E-state index in [2.05, 4.69) is 36.2 Å². The summed E-state index contributed by atoms with van der Waals surface area (Å²) in [7, 11) is 3.73. The number of likely N-dealkylation sites (tertiary alicyclic amines) is 1. The molecule has 2 aliphatic rings. The van der Waals surface area contributed by atoms with Crippen LogP contribution in [0.3, 0.4) is 0 Å². The summed E-state index contributed by atoms with van der Waals surface area (Å²) in [5.74, 6) is 0.0702. The van der Waals surface area contributed by atoms with Gasteiger partial charge in [-0.05, 0) is 45.2 Å². The van der Waals surface area contributed by atoms with Crippen molar-refractivity contribution in [3.8, 4) is 0 Å². The largest absolute Gasteiger partial charge is 0.373 e. The highest BCUT2D eigenvalue weighted by Crippen LogP contribution is 2.38. The number of methoxy groups -OCH3 is 1. The van der Waals surface area contributed by atoms with Crippen molar-refractivity contribution < 1.29 is 14.3 Å². The number of para-hydroxylation sites is 1. The Hall–Kier alpha value is -1.59. The van der Waals surface area contributed by atoms with Crippen molar-refractivity contribution in [2.24, 2.45) is 0 Å². The molecule has 1 atom stereocenters. The zero-order valence-corrected chi connectivity index (χ0v) is 15.8. The van der Waals surface area contributed by atoms with Gasteiger partial charge in [0, 0.05) is 32.9 Å². The van der Waals surface area contributed by atoms with Gasteiger partial charge in [0.1, 0.15) is 5.60 Å². The molecular formula is C20H30N2O3. The number of ether oxygens (including phenoxy) is 2. The molecule has 2 fully saturated rings. The van der Waals surface area contributed by atoms with Crippen LogP contribution in [-0.4, -0.2) is 61.9 Å². The third-order valence-corrected chi connectivity index (χ3v) is 5.89. The van der Waals surface area contributed by atoms with Crippen LogP contribution in [0.15, 0.2) is 30.3 Å². The van der Waals surface area contributed by atoms with Gasteiger partial charge in [-0.15, -0.1) is 0 Å². The first-order valence-electron chi connectivity index (χ1n) is 9.13. The molecular weight excluding hydrogens is 316 g/mol. The highest BCUT2D eigenvalue weighted by Gasteiger charge is 2.45. The van der Waals surface area contributed by atoms with Crippen LogP contribution < -0.4 is 4.90 Å². The predicted octanol–water partition coefficient (Wildman–Crippen LogP) is 2.70. The Labute approximate surface area is 150 Å². The van der Waals surface area contributed by atoms with E-state index in [1.807, 2.05) is 24.8 Å². The van der Waals surface area contributed by atoms with Crippen molar-refractivity contribution >= 4 is 11.6 Å². The van der Waals surface area contributed by atoms with E-state index in [4.69, 9.17) is 9.47 Å². The Balaban J connectivity index is 1.59. The quantitative estimate of drug-likeness (QED) is 0.841. The van der Waals surface area contributed by atoms with Gasteiger partial charge in [0.2, 0.25) is 0 Å². The zero-order chi connectivity index (χ0) is 18.1. The lowest BCUT2D eigenvalue weighted by Gasteiger charge is -2.41. The van der Waals surface area contributed by atoms with E-state index in [9.17, 15) is 4.79 Å². The highest BCUT2D eigenvalue weighted by molar-refractivity contribution is 5.84. The van der Waals surface area contributed by atoms with Crippen LogP contribution in [0.1, 0.15) is 33.1 Å². The van der Waals surface area contributed by atoms with Crippen molar-refractivity contribution in [2.75, 3.05) is 38.8 Å². The summed E-state index contributed by atoms with van der Waals surface area (Å²) < 4.78 is 11.6. The van der Waals surface area contributed by atoms with E-state index in [0.717, 1.165) is 39.0 Å². The molecule has 1 spiro atoms. The maximum absolute atomic E-state index is 12.6. The van der Waals surface area contributed by atoms with Crippen LogP contribution in [-0.2, 0) is 14.3 Å². The molecule has 2 heterocycles. The summed E-state index contributed by atoms with van der Waals surface area (Å²) in [6.45, 7) is 5.90. The second-order valence-corrected chi connectivity index (χ2v) is 7.81. The van der Waals surface area contributed by atoms with Crippen molar-refractivity contribution in [3.05, 3.63) is 30.3 Å². The minimum Gasteiger partial charge on any atom is -0.373 e. The molecule has 0 aromatic heterocycles. The Kier molecular flexibility index (Phi) is 5.07. The molecule has 0 N–H and O–H groups in total. The number of hydrogen-bond acceptors (Lipinski definition) is 4. The van der Waals surface area contributed by atoms with Crippen LogP contribution in [0.4, 0.5) is 5.69 Å². The van der Waals surface area contributed by atoms with Gasteiger partial charge in [0.05, 0.1) is 18.2 Å². The third kappa shape index (κ3) is 3.67. The standard InChI is InChI=1S/C20H30N2O3/c1-19(2,24-4)18(23)22-12-10-20(11-13-22)14-17(15-25-20)21(3)16-8-6-5-7-9-16/h5-9,17H,10-15H2,1-4H3. The minimum absolute atomic E-state index is 0.0702. The molecule has 0 radical (unpaired) electrons. The van der Waals surface area contributed by atoms with Crippen molar-refractivity contribution in [3.63, 3.8) is 0 Å². The van der Waals surface area contributed by atoms with Gasteiger partial charge in [-0.3, -0.25) is 4.79 Å². The number of amides is 1. The summed E-state index contributed by atoms with van der Waals surface area (Å²) in [5, 5.41) is 0. The van der Waals surface area contributed by atoms with Gasteiger partial charge >= 0.3 is 0 Å². The average Bonchev–Trinajstić information content (AvgIpc) is 3.05. The first-order valence-corrected chi connectivity index (χ1v) is 9.13. The number of carbonyl (C=O) groups is 1. The molecule has 138 valence electrons. The first-order chi connectivity index (χ1) is 11.9. The van der Waals surface area contributed by atoms with Crippen LogP contribution in [0.2, 0.25) is 0 Å².